The van der Waals surface area contributed by atoms with Gasteiger partial charge in [-0.05, 0) is 33.7 Å². The van der Waals surface area contributed by atoms with E-state index in [1.807, 2.05) is 11.9 Å². The fourth-order valence-corrected chi connectivity index (χ4v) is 3.78. The number of hydrogen-bond donors (Lipinski definition) is 1. The normalized spacial score (nSPS) is 25.1. The highest BCUT2D eigenvalue weighted by molar-refractivity contribution is 5.79. The largest absolute Gasteiger partial charge is 0.338 e. The Morgan fingerprint density at radius 2 is 1.89 bits per heavy atom. The predicted molar refractivity (Wildman–Crippen MR) is 78.2 cm³/mol. The third kappa shape index (κ3) is 3.11. The van der Waals surface area contributed by atoms with Gasteiger partial charge in [0.05, 0.1) is 6.54 Å². The van der Waals surface area contributed by atoms with Crippen LogP contribution in [0.5, 0.6) is 0 Å². The molecule has 0 aromatic rings. The van der Waals surface area contributed by atoms with E-state index in [1.54, 1.807) is 0 Å². The van der Waals surface area contributed by atoms with Gasteiger partial charge in [0.15, 0.2) is 0 Å². The summed E-state index contributed by atoms with van der Waals surface area (Å²) in [4.78, 5) is 16.8. The first-order valence-electron chi connectivity index (χ1n) is 7.78. The summed E-state index contributed by atoms with van der Waals surface area (Å²) < 4.78 is 0. The minimum atomic E-state index is 0.228. The minimum absolute atomic E-state index is 0.228. The van der Waals surface area contributed by atoms with Gasteiger partial charge in [-0.3, -0.25) is 9.69 Å². The number of nitrogens with one attached hydrogen (secondary N) is 1. The quantitative estimate of drug-likeness (QED) is 0.837. The van der Waals surface area contributed by atoms with Gasteiger partial charge in [-0.25, -0.2) is 0 Å². The summed E-state index contributed by atoms with van der Waals surface area (Å²) in [6, 6.07) is 0.334. The lowest BCUT2D eigenvalue weighted by Gasteiger charge is -2.50. The van der Waals surface area contributed by atoms with Crippen molar-refractivity contribution in [1.29, 1.82) is 0 Å². The fourth-order valence-electron chi connectivity index (χ4n) is 3.78. The third-order valence-corrected chi connectivity index (χ3v) is 4.84. The summed E-state index contributed by atoms with van der Waals surface area (Å²) in [6.07, 6.45) is 6.44. The molecule has 0 radical (unpaired) electrons. The molecule has 1 heterocycles. The molecule has 0 bridgehead atoms. The Hall–Kier alpha value is -0.610. The number of carbonyl (C=O) groups is 1. The highest BCUT2D eigenvalue weighted by Gasteiger charge is 2.40. The van der Waals surface area contributed by atoms with Crippen molar-refractivity contribution in [2.75, 3.05) is 33.2 Å². The average Bonchev–Trinajstić information content (AvgIpc) is 2.39. The van der Waals surface area contributed by atoms with Crippen molar-refractivity contribution < 1.29 is 4.79 Å². The van der Waals surface area contributed by atoms with Gasteiger partial charge in [0.1, 0.15) is 0 Å². The van der Waals surface area contributed by atoms with E-state index in [1.165, 1.54) is 32.1 Å². The SMILES string of the molecule is CNCC1(N2CCN(C(C)C)C(=O)C2)CCCCC1. The molecule has 4 nitrogen and oxygen atoms in total. The maximum Gasteiger partial charge on any atom is 0.237 e. The maximum absolute atomic E-state index is 12.3. The second-order valence-electron chi connectivity index (χ2n) is 6.42. The lowest BCUT2D eigenvalue weighted by molar-refractivity contribution is -0.142. The van der Waals surface area contributed by atoms with Crippen molar-refractivity contribution >= 4 is 5.91 Å². The Morgan fingerprint density at radius 3 is 2.42 bits per heavy atom. The molecule has 1 aliphatic heterocycles. The molecule has 2 fully saturated rings. The van der Waals surface area contributed by atoms with Gasteiger partial charge in [-0.15, -0.1) is 0 Å². The number of likely N-dealkylation sites (N-methyl/N-ethyl adjacent to an activating group) is 1. The molecular formula is C15H29N3O. The van der Waals surface area contributed by atoms with Crippen LogP contribution < -0.4 is 5.32 Å². The Morgan fingerprint density at radius 1 is 1.21 bits per heavy atom. The summed E-state index contributed by atoms with van der Waals surface area (Å²) in [5.41, 5.74) is 0.228. The zero-order valence-electron chi connectivity index (χ0n) is 12.7. The van der Waals surface area contributed by atoms with Crippen LogP contribution in [0.3, 0.4) is 0 Å². The second kappa shape index (κ2) is 6.23. The zero-order chi connectivity index (χ0) is 13.9. The van der Waals surface area contributed by atoms with Crippen LogP contribution in [-0.2, 0) is 4.79 Å². The average molecular weight is 267 g/mol. The van der Waals surface area contributed by atoms with E-state index < -0.39 is 0 Å². The van der Waals surface area contributed by atoms with Crippen molar-refractivity contribution in [3.8, 4) is 0 Å². The van der Waals surface area contributed by atoms with Crippen molar-refractivity contribution in [2.24, 2.45) is 0 Å². The van der Waals surface area contributed by atoms with Crippen LogP contribution in [0, 0.1) is 0 Å². The van der Waals surface area contributed by atoms with Crippen LogP contribution in [0.4, 0.5) is 0 Å². The summed E-state index contributed by atoms with van der Waals surface area (Å²) in [5, 5.41) is 3.36. The molecule has 2 aliphatic rings. The Labute approximate surface area is 117 Å². The van der Waals surface area contributed by atoms with E-state index in [4.69, 9.17) is 0 Å². The second-order valence-corrected chi connectivity index (χ2v) is 6.42. The van der Waals surface area contributed by atoms with E-state index in [9.17, 15) is 4.79 Å². The van der Waals surface area contributed by atoms with Crippen LogP contribution in [-0.4, -0.2) is 60.5 Å². The molecule has 110 valence electrons. The van der Waals surface area contributed by atoms with Gasteiger partial charge in [-0.1, -0.05) is 19.3 Å². The van der Waals surface area contributed by atoms with E-state index in [0.717, 1.165) is 19.6 Å². The summed E-state index contributed by atoms with van der Waals surface area (Å²) in [7, 11) is 2.03. The van der Waals surface area contributed by atoms with Crippen LogP contribution >= 0.6 is 0 Å². The van der Waals surface area contributed by atoms with E-state index in [0.29, 0.717) is 18.5 Å². The first-order chi connectivity index (χ1) is 9.09. The summed E-state index contributed by atoms with van der Waals surface area (Å²) >= 11 is 0. The van der Waals surface area contributed by atoms with Gasteiger partial charge < -0.3 is 10.2 Å². The molecule has 19 heavy (non-hydrogen) atoms. The standard InChI is InChI=1S/C15H29N3O/c1-13(2)18-10-9-17(11-14(18)19)15(12-16-3)7-5-4-6-8-15/h13,16H,4-12H2,1-3H3. The number of hydrogen-bond acceptors (Lipinski definition) is 3. The molecule has 2 rings (SSSR count). The molecule has 0 aromatic carbocycles. The first-order valence-corrected chi connectivity index (χ1v) is 7.78. The van der Waals surface area contributed by atoms with Crippen LogP contribution in [0.2, 0.25) is 0 Å². The van der Waals surface area contributed by atoms with Gasteiger partial charge in [0.2, 0.25) is 5.91 Å². The highest BCUT2D eigenvalue weighted by Crippen LogP contribution is 2.34. The minimum Gasteiger partial charge on any atom is -0.338 e. The monoisotopic (exact) mass is 267 g/mol. The molecule has 1 N–H and O–H groups in total. The third-order valence-electron chi connectivity index (χ3n) is 4.84. The maximum atomic E-state index is 12.3. The molecule has 0 spiro atoms. The molecule has 1 saturated carbocycles. The molecule has 0 unspecified atom stereocenters. The van der Waals surface area contributed by atoms with Crippen molar-refractivity contribution in [3.63, 3.8) is 0 Å². The Bertz CT molecular complexity index is 305. The Balaban J connectivity index is 2.05. The zero-order valence-corrected chi connectivity index (χ0v) is 12.7. The summed E-state index contributed by atoms with van der Waals surface area (Å²) in [6.45, 7) is 7.77. The molecule has 1 amide bonds. The van der Waals surface area contributed by atoms with E-state index in [-0.39, 0.29) is 5.54 Å². The number of piperazine rings is 1. The molecular weight excluding hydrogens is 238 g/mol. The van der Waals surface area contributed by atoms with Crippen molar-refractivity contribution in [1.82, 2.24) is 15.1 Å². The van der Waals surface area contributed by atoms with E-state index >= 15 is 0 Å². The number of amides is 1. The van der Waals surface area contributed by atoms with E-state index in [2.05, 4.69) is 24.1 Å². The molecule has 1 saturated heterocycles. The number of nitrogens with zero attached hydrogens (tertiary/aromatic N) is 2. The van der Waals surface area contributed by atoms with Crippen molar-refractivity contribution in [2.45, 2.75) is 57.5 Å². The lowest BCUT2D eigenvalue weighted by atomic mass is 9.79. The van der Waals surface area contributed by atoms with Crippen LogP contribution in [0.25, 0.3) is 0 Å². The molecule has 0 atom stereocenters. The topological polar surface area (TPSA) is 35.6 Å². The molecule has 4 heteroatoms. The predicted octanol–water partition coefficient (Wildman–Crippen LogP) is 1.46. The molecule has 1 aliphatic carbocycles. The first kappa shape index (κ1) is 14.8. The van der Waals surface area contributed by atoms with Gasteiger partial charge in [0.25, 0.3) is 0 Å². The lowest BCUT2D eigenvalue weighted by Crippen LogP contribution is -2.63. The van der Waals surface area contributed by atoms with Crippen LogP contribution in [0.1, 0.15) is 46.0 Å². The van der Waals surface area contributed by atoms with Gasteiger partial charge in [-0.2, -0.15) is 0 Å². The van der Waals surface area contributed by atoms with Gasteiger partial charge in [0, 0.05) is 31.2 Å². The summed E-state index contributed by atoms with van der Waals surface area (Å²) in [5.74, 6) is 0.308. The van der Waals surface area contributed by atoms with Crippen LogP contribution in [0.15, 0.2) is 0 Å². The fraction of sp³-hybridized carbons (Fsp3) is 0.933. The number of carbonyl (C=O) groups excluding carboxylic acids is 1. The highest BCUT2D eigenvalue weighted by atomic mass is 16.2. The Kier molecular flexibility index (Phi) is 4.85. The van der Waals surface area contributed by atoms with Crippen molar-refractivity contribution in [3.05, 3.63) is 0 Å². The number of rotatable bonds is 4. The smallest absolute Gasteiger partial charge is 0.237 e. The van der Waals surface area contributed by atoms with Gasteiger partial charge >= 0.3 is 0 Å². The molecule has 0 aromatic heterocycles.